The highest BCUT2D eigenvalue weighted by Gasteiger charge is 2.41. The van der Waals surface area contributed by atoms with Gasteiger partial charge in [0, 0.05) is 33.0 Å². The van der Waals surface area contributed by atoms with Gasteiger partial charge in [-0.1, -0.05) is 176 Å². The van der Waals surface area contributed by atoms with E-state index < -0.39 is 8.07 Å². The Morgan fingerprint density at radius 2 is 0.882 bits per heavy atom. The van der Waals surface area contributed by atoms with Crippen LogP contribution < -0.4 is 20.7 Å². The summed E-state index contributed by atoms with van der Waals surface area (Å²) in [6.45, 7) is 0. The highest BCUT2D eigenvalue weighted by Crippen LogP contribution is 2.37. The lowest BCUT2D eigenvalue weighted by molar-refractivity contribution is 1.07. The lowest BCUT2D eigenvalue weighted by Gasteiger charge is -2.34. The summed E-state index contributed by atoms with van der Waals surface area (Å²) >= 11 is 6.68. The van der Waals surface area contributed by atoms with Crippen LogP contribution in [0.3, 0.4) is 0 Å². The second-order valence-corrected chi connectivity index (χ2v) is 16.8. The van der Waals surface area contributed by atoms with Crippen LogP contribution in [-0.4, -0.2) is 28.0 Å². The molecule has 0 atom stereocenters. The molecule has 0 amide bonds. The van der Waals surface area contributed by atoms with Crippen molar-refractivity contribution in [2.75, 3.05) is 0 Å². The van der Waals surface area contributed by atoms with E-state index in [0.717, 1.165) is 33.3 Å². The summed E-state index contributed by atoms with van der Waals surface area (Å²) in [4.78, 5) is 18.0. The molecule has 1 N–H and O–H groups in total. The Balaban J connectivity index is 1.17. The lowest BCUT2D eigenvalue weighted by atomic mass is 9.97. The third-order valence-electron chi connectivity index (χ3n) is 9.80. The molecule has 0 saturated carbocycles. The molecule has 9 rings (SSSR count). The molecule has 9 aromatic rings. The third kappa shape index (κ3) is 5.35. The molecule has 4 nitrogen and oxygen atoms in total. The molecule has 6 heteroatoms. The molecular formula is C45H31ClN4Si. The minimum absolute atomic E-state index is 0.152. The SMILES string of the molecule is Clc1nc(-c2ccc([Si](c3ccccc3)(c3ccccc3)c3ccccc3)cc2)nc(-c2ccccc2-c2cccc3c2[nH]c2ccccc23)n1. The zero-order valence-corrected chi connectivity index (χ0v) is 29.3. The number of halogens is 1. The summed E-state index contributed by atoms with van der Waals surface area (Å²) < 4.78 is 0. The molecule has 7 aromatic carbocycles. The summed E-state index contributed by atoms with van der Waals surface area (Å²) in [7, 11) is -2.66. The number of H-pyrrole nitrogens is 1. The number of rotatable bonds is 7. The Hall–Kier alpha value is -6.14. The Kier molecular flexibility index (Phi) is 7.84. The first-order valence-corrected chi connectivity index (χ1v) is 19.4. The zero-order valence-electron chi connectivity index (χ0n) is 27.5. The molecular weight excluding hydrogens is 660 g/mol. The summed E-state index contributed by atoms with van der Waals surface area (Å²) in [6.07, 6.45) is 0. The summed E-state index contributed by atoms with van der Waals surface area (Å²) in [6, 6.07) is 64.5. The van der Waals surface area contributed by atoms with Gasteiger partial charge in [0.05, 0.1) is 5.52 Å². The number of fused-ring (bicyclic) bond motifs is 3. The predicted octanol–water partition coefficient (Wildman–Crippen LogP) is 8.54. The van der Waals surface area contributed by atoms with Gasteiger partial charge in [0.1, 0.15) is 0 Å². The molecule has 0 aliphatic heterocycles. The highest BCUT2D eigenvalue weighted by atomic mass is 35.5. The molecule has 242 valence electrons. The van der Waals surface area contributed by atoms with Crippen LogP contribution in [0.1, 0.15) is 0 Å². The molecule has 0 bridgehead atoms. The van der Waals surface area contributed by atoms with Gasteiger partial charge in [-0.2, -0.15) is 9.97 Å². The van der Waals surface area contributed by atoms with Crippen molar-refractivity contribution in [3.63, 3.8) is 0 Å². The molecule has 0 fully saturated rings. The fourth-order valence-electron chi connectivity index (χ4n) is 7.54. The molecule has 2 heterocycles. The van der Waals surface area contributed by atoms with Crippen molar-refractivity contribution in [2.24, 2.45) is 0 Å². The number of aromatic amines is 1. The topological polar surface area (TPSA) is 54.5 Å². The molecule has 51 heavy (non-hydrogen) atoms. The zero-order chi connectivity index (χ0) is 34.2. The van der Waals surface area contributed by atoms with Crippen molar-refractivity contribution < 1.29 is 0 Å². The van der Waals surface area contributed by atoms with Crippen molar-refractivity contribution in [2.45, 2.75) is 0 Å². The van der Waals surface area contributed by atoms with Gasteiger partial charge in [-0.15, -0.1) is 0 Å². The molecule has 0 radical (unpaired) electrons. The number of hydrogen-bond donors (Lipinski definition) is 1. The van der Waals surface area contributed by atoms with Crippen molar-refractivity contribution >= 4 is 62.2 Å². The highest BCUT2D eigenvalue weighted by molar-refractivity contribution is 7.19. The monoisotopic (exact) mass is 690 g/mol. The summed E-state index contributed by atoms with van der Waals surface area (Å²) in [5.74, 6) is 1.06. The predicted molar refractivity (Wildman–Crippen MR) is 214 cm³/mol. The second-order valence-electron chi connectivity index (χ2n) is 12.6. The summed E-state index contributed by atoms with van der Waals surface area (Å²) in [5, 5.41) is 7.76. The molecule has 2 aromatic heterocycles. The first-order valence-electron chi connectivity index (χ1n) is 17.0. The molecule has 0 spiro atoms. The second kappa shape index (κ2) is 13.0. The average Bonchev–Trinajstić information content (AvgIpc) is 3.59. The minimum atomic E-state index is -2.66. The van der Waals surface area contributed by atoms with Gasteiger partial charge in [0.15, 0.2) is 19.7 Å². The smallest absolute Gasteiger partial charge is 0.226 e. The van der Waals surface area contributed by atoms with E-state index in [2.05, 4.69) is 185 Å². The van der Waals surface area contributed by atoms with Crippen LogP contribution in [0.25, 0.3) is 55.7 Å². The minimum Gasteiger partial charge on any atom is -0.354 e. The van der Waals surface area contributed by atoms with Crippen molar-refractivity contribution in [1.82, 2.24) is 19.9 Å². The Labute approximate surface area is 302 Å². The van der Waals surface area contributed by atoms with Gasteiger partial charge in [-0.05, 0) is 44.0 Å². The standard InChI is InChI=1S/C45H31ClN4Si/c46-45-49-43(48-44(50-45)40-23-11-10-21-36(40)38-24-14-25-39-37-22-12-13-26-41(37)47-42(38)39)31-27-29-35(30-28-31)51(32-15-4-1-5-16-32,33-17-6-2-7-18-33)34-19-8-3-9-20-34/h1-30,47H. The number of hydrogen-bond acceptors (Lipinski definition) is 3. The maximum absolute atomic E-state index is 6.68. The van der Waals surface area contributed by atoms with Crippen LogP contribution >= 0.6 is 11.6 Å². The van der Waals surface area contributed by atoms with E-state index in [-0.39, 0.29) is 5.28 Å². The van der Waals surface area contributed by atoms with E-state index in [0.29, 0.717) is 11.6 Å². The fraction of sp³-hybridized carbons (Fsp3) is 0. The van der Waals surface area contributed by atoms with E-state index in [1.807, 2.05) is 12.1 Å². The van der Waals surface area contributed by atoms with Crippen LogP contribution in [0.15, 0.2) is 182 Å². The van der Waals surface area contributed by atoms with Gasteiger partial charge in [0.25, 0.3) is 0 Å². The van der Waals surface area contributed by atoms with E-state index in [4.69, 9.17) is 16.6 Å². The maximum atomic E-state index is 6.68. The first-order chi connectivity index (χ1) is 25.2. The van der Waals surface area contributed by atoms with Crippen molar-refractivity contribution in [1.29, 1.82) is 0 Å². The number of benzene rings is 7. The Bertz CT molecular complexity index is 2540. The Morgan fingerprint density at radius 3 is 1.53 bits per heavy atom. The lowest BCUT2D eigenvalue weighted by Crippen LogP contribution is -2.74. The van der Waals surface area contributed by atoms with Crippen LogP contribution in [0.2, 0.25) is 5.28 Å². The normalized spacial score (nSPS) is 11.6. The van der Waals surface area contributed by atoms with Crippen LogP contribution in [0.5, 0.6) is 0 Å². The van der Waals surface area contributed by atoms with Crippen LogP contribution in [0, 0.1) is 0 Å². The molecule has 0 unspecified atom stereocenters. The van der Waals surface area contributed by atoms with E-state index in [1.165, 1.54) is 31.5 Å². The number of aromatic nitrogens is 4. The molecule has 0 saturated heterocycles. The quantitative estimate of drug-likeness (QED) is 0.135. The van der Waals surface area contributed by atoms with E-state index in [1.54, 1.807) is 0 Å². The Morgan fingerprint density at radius 1 is 0.392 bits per heavy atom. The van der Waals surface area contributed by atoms with Gasteiger partial charge in [-0.3, -0.25) is 0 Å². The van der Waals surface area contributed by atoms with Crippen molar-refractivity contribution in [3.8, 4) is 33.9 Å². The van der Waals surface area contributed by atoms with Crippen molar-refractivity contribution in [3.05, 3.63) is 187 Å². The van der Waals surface area contributed by atoms with Gasteiger partial charge < -0.3 is 4.98 Å². The molecule has 0 aliphatic rings. The number of para-hydroxylation sites is 2. The largest absolute Gasteiger partial charge is 0.354 e. The van der Waals surface area contributed by atoms with E-state index in [9.17, 15) is 0 Å². The average molecular weight is 691 g/mol. The number of nitrogens with zero attached hydrogens (tertiary/aromatic N) is 3. The van der Waals surface area contributed by atoms with Gasteiger partial charge in [0.2, 0.25) is 5.28 Å². The van der Waals surface area contributed by atoms with Gasteiger partial charge >= 0.3 is 0 Å². The van der Waals surface area contributed by atoms with Crippen LogP contribution in [0.4, 0.5) is 0 Å². The fourth-order valence-corrected chi connectivity index (χ4v) is 12.4. The first kappa shape index (κ1) is 30.9. The maximum Gasteiger partial charge on any atom is 0.226 e. The summed E-state index contributed by atoms with van der Waals surface area (Å²) in [5.41, 5.74) is 6.02. The number of nitrogens with one attached hydrogen (secondary N) is 1. The van der Waals surface area contributed by atoms with Gasteiger partial charge in [-0.25, -0.2) is 4.98 Å². The van der Waals surface area contributed by atoms with Crippen LogP contribution in [-0.2, 0) is 0 Å². The third-order valence-corrected chi connectivity index (χ3v) is 14.8. The molecule has 0 aliphatic carbocycles. The van der Waals surface area contributed by atoms with E-state index >= 15 is 0 Å².